The van der Waals surface area contributed by atoms with E-state index in [0.717, 1.165) is 25.0 Å². The van der Waals surface area contributed by atoms with Crippen LogP contribution < -0.4 is 0 Å². The fourth-order valence-electron chi connectivity index (χ4n) is 1.88. The second-order valence-electron chi connectivity index (χ2n) is 4.55. The molecule has 0 spiro atoms. The molecule has 0 radical (unpaired) electrons. The largest absolute Gasteiger partial charge is 0.417 e. The van der Waals surface area contributed by atoms with Crippen molar-refractivity contribution in [2.75, 3.05) is 7.05 Å². The molecule has 1 saturated carbocycles. The Bertz CT molecular complexity index is 553. The zero-order valence-electron chi connectivity index (χ0n) is 10.3. The predicted molar refractivity (Wildman–Crippen MR) is 64.5 cm³/mol. The first-order valence-electron chi connectivity index (χ1n) is 5.79. The van der Waals surface area contributed by atoms with Crippen LogP contribution in [0.1, 0.15) is 34.3 Å². The Morgan fingerprint density at radius 3 is 2.53 bits per heavy atom. The van der Waals surface area contributed by atoms with E-state index in [0.29, 0.717) is 0 Å². The highest BCUT2D eigenvalue weighted by Gasteiger charge is 2.38. The molecule has 0 unspecified atom stereocenters. The normalized spacial score (nSPS) is 14.9. The summed E-state index contributed by atoms with van der Waals surface area (Å²) in [6.07, 6.45) is 2.27. The Kier molecular flexibility index (Phi) is 3.27. The van der Waals surface area contributed by atoms with Crippen LogP contribution in [-0.2, 0) is 6.18 Å². The first-order chi connectivity index (χ1) is 8.84. The number of alkyl halides is 3. The molecule has 0 N–H and O–H groups in total. The molecule has 1 aromatic carbocycles. The van der Waals surface area contributed by atoms with Gasteiger partial charge in [0.1, 0.15) is 0 Å². The highest BCUT2D eigenvalue weighted by atomic mass is 19.4. The molecule has 2 nitrogen and oxygen atoms in total. The zero-order valence-corrected chi connectivity index (χ0v) is 10.3. The summed E-state index contributed by atoms with van der Waals surface area (Å²) < 4.78 is 38.7. The average Bonchev–Trinajstić information content (AvgIpc) is 3.19. The summed E-state index contributed by atoms with van der Waals surface area (Å²) in [5.41, 5.74) is -1.05. The predicted octanol–water partition coefficient (Wildman–Crippen LogP) is 2.92. The topological polar surface area (TPSA) is 20.3 Å². The van der Waals surface area contributed by atoms with Crippen LogP contribution in [0.5, 0.6) is 0 Å². The second-order valence-corrected chi connectivity index (χ2v) is 4.55. The summed E-state index contributed by atoms with van der Waals surface area (Å²) in [7, 11) is 1.52. The Labute approximate surface area is 109 Å². The molecule has 1 fully saturated rings. The molecular formula is C14H12F3NO. The second kappa shape index (κ2) is 4.61. The quantitative estimate of drug-likeness (QED) is 0.754. The summed E-state index contributed by atoms with van der Waals surface area (Å²) in [4.78, 5) is 13.5. The van der Waals surface area contributed by atoms with E-state index in [1.54, 1.807) is 0 Å². The fraction of sp³-hybridized carbons (Fsp3) is 0.357. The van der Waals surface area contributed by atoms with E-state index >= 15 is 0 Å². The molecule has 100 valence electrons. The van der Waals surface area contributed by atoms with E-state index in [9.17, 15) is 18.0 Å². The van der Waals surface area contributed by atoms with Crippen molar-refractivity contribution in [2.24, 2.45) is 0 Å². The van der Waals surface area contributed by atoms with Gasteiger partial charge in [0.25, 0.3) is 5.91 Å². The molecule has 0 heterocycles. The first-order valence-corrected chi connectivity index (χ1v) is 5.79. The maximum atomic E-state index is 12.9. The lowest BCUT2D eigenvalue weighted by molar-refractivity contribution is -0.138. The van der Waals surface area contributed by atoms with Gasteiger partial charge in [0.15, 0.2) is 0 Å². The molecular weight excluding hydrogens is 255 g/mol. The van der Waals surface area contributed by atoms with Crippen molar-refractivity contribution in [3.8, 4) is 12.3 Å². The summed E-state index contributed by atoms with van der Waals surface area (Å²) in [5, 5.41) is 0. The standard InChI is InChI=1S/C14H12F3NO/c1-3-9-4-7-12(14(15,16)17)11(8-9)13(19)18(2)10-5-6-10/h1,4,7-8,10H,5-6H2,2H3. The van der Waals surface area contributed by atoms with Crippen LogP contribution in [0.25, 0.3) is 0 Å². The number of benzene rings is 1. The van der Waals surface area contributed by atoms with E-state index in [2.05, 4.69) is 5.92 Å². The number of carbonyl (C=O) groups excluding carboxylic acids is 1. The number of amides is 1. The lowest BCUT2D eigenvalue weighted by Gasteiger charge is -2.19. The molecule has 0 aromatic heterocycles. The first kappa shape index (κ1) is 13.5. The van der Waals surface area contributed by atoms with Crippen molar-refractivity contribution in [3.63, 3.8) is 0 Å². The lowest BCUT2D eigenvalue weighted by atomic mass is 10.0. The van der Waals surface area contributed by atoms with Gasteiger partial charge in [-0.25, -0.2) is 0 Å². The van der Waals surface area contributed by atoms with Gasteiger partial charge in [-0.1, -0.05) is 5.92 Å². The third-order valence-electron chi connectivity index (χ3n) is 3.14. The van der Waals surface area contributed by atoms with Crippen LogP contribution in [0.15, 0.2) is 18.2 Å². The molecule has 2 rings (SSSR count). The minimum atomic E-state index is -4.57. The number of hydrogen-bond donors (Lipinski definition) is 0. The van der Waals surface area contributed by atoms with Crippen molar-refractivity contribution < 1.29 is 18.0 Å². The minimum Gasteiger partial charge on any atom is -0.339 e. The number of rotatable bonds is 2. The monoisotopic (exact) mass is 267 g/mol. The maximum absolute atomic E-state index is 12.9. The molecule has 1 amide bonds. The number of halogens is 3. The smallest absolute Gasteiger partial charge is 0.339 e. The van der Waals surface area contributed by atoms with Crippen molar-refractivity contribution in [1.29, 1.82) is 0 Å². The highest BCUT2D eigenvalue weighted by Crippen LogP contribution is 2.34. The SMILES string of the molecule is C#Cc1ccc(C(F)(F)F)c(C(=O)N(C)C2CC2)c1. The van der Waals surface area contributed by atoms with E-state index in [4.69, 9.17) is 6.42 Å². The fourth-order valence-corrected chi connectivity index (χ4v) is 1.88. The molecule has 1 aromatic rings. The van der Waals surface area contributed by atoms with Crippen molar-refractivity contribution in [3.05, 3.63) is 34.9 Å². The molecule has 5 heteroatoms. The van der Waals surface area contributed by atoms with Crippen molar-refractivity contribution in [2.45, 2.75) is 25.1 Å². The van der Waals surface area contributed by atoms with Crippen LogP contribution in [-0.4, -0.2) is 23.9 Å². The molecule has 0 bridgehead atoms. The van der Waals surface area contributed by atoms with Gasteiger partial charge in [-0.2, -0.15) is 13.2 Å². The minimum absolute atomic E-state index is 0.0445. The van der Waals surface area contributed by atoms with E-state index < -0.39 is 17.6 Å². The lowest BCUT2D eigenvalue weighted by Crippen LogP contribution is -2.30. The van der Waals surface area contributed by atoms with Crippen LogP contribution in [0, 0.1) is 12.3 Å². The summed E-state index contributed by atoms with van der Waals surface area (Å²) in [6, 6.07) is 3.23. The van der Waals surface area contributed by atoms with Crippen LogP contribution in [0.2, 0.25) is 0 Å². The number of nitrogens with zero attached hydrogens (tertiary/aromatic N) is 1. The Balaban J connectivity index is 2.46. The zero-order chi connectivity index (χ0) is 14.2. The van der Waals surface area contributed by atoms with E-state index in [-0.39, 0.29) is 17.2 Å². The van der Waals surface area contributed by atoms with Gasteiger partial charge < -0.3 is 4.90 Å². The molecule has 1 aliphatic rings. The van der Waals surface area contributed by atoms with E-state index in [1.165, 1.54) is 18.0 Å². The molecule has 19 heavy (non-hydrogen) atoms. The van der Waals surface area contributed by atoms with Crippen LogP contribution in [0.4, 0.5) is 13.2 Å². The molecule has 1 aliphatic carbocycles. The third-order valence-corrected chi connectivity index (χ3v) is 3.14. The Morgan fingerprint density at radius 2 is 2.05 bits per heavy atom. The van der Waals surface area contributed by atoms with Gasteiger partial charge in [0, 0.05) is 18.7 Å². The number of carbonyl (C=O) groups is 1. The van der Waals surface area contributed by atoms with Gasteiger partial charge in [0.05, 0.1) is 11.1 Å². The van der Waals surface area contributed by atoms with Gasteiger partial charge >= 0.3 is 6.18 Å². The van der Waals surface area contributed by atoms with Gasteiger partial charge in [-0.3, -0.25) is 4.79 Å². The van der Waals surface area contributed by atoms with Crippen molar-refractivity contribution >= 4 is 5.91 Å². The third kappa shape index (κ3) is 2.73. The number of hydrogen-bond acceptors (Lipinski definition) is 1. The summed E-state index contributed by atoms with van der Waals surface area (Å²) >= 11 is 0. The summed E-state index contributed by atoms with van der Waals surface area (Å²) in [5.74, 6) is 1.61. The average molecular weight is 267 g/mol. The van der Waals surface area contributed by atoms with Crippen molar-refractivity contribution in [1.82, 2.24) is 4.90 Å². The summed E-state index contributed by atoms with van der Waals surface area (Å²) in [6.45, 7) is 0. The van der Waals surface area contributed by atoms with Gasteiger partial charge in [-0.15, -0.1) is 6.42 Å². The Morgan fingerprint density at radius 1 is 1.42 bits per heavy atom. The van der Waals surface area contributed by atoms with E-state index in [1.807, 2.05) is 0 Å². The highest BCUT2D eigenvalue weighted by molar-refractivity contribution is 5.96. The van der Waals surface area contributed by atoms with Crippen LogP contribution >= 0.6 is 0 Å². The number of terminal acetylenes is 1. The Hall–Kier alpha value is -1.96. The molecule has 0 aliphatic heterocycles. The maximum Gasteiger partial charge on any atom is 0.417 e. The molecule has 0 atom stereocenters. The van der Waals surface area contributed by atoms with Crippen LogP contribution in [0.3, 0.4) is 0 Å². The molecule has 0 saturated heterocycles. The van der Waals surface area contributed by atoms with Gasteiger partial charge in [0.2, 0.25) is 0 Å². The van der Waals surface area contributed by atoms with Gasteiger partial charge in [-0.05, 0) is 31.0 Å².